The Kier molecular flexibility index (Phi) is 3.21. The Hall–Kier alpha value is -1.40. The van der Waals surface area contributed by atoms with Crippen LogP contribution in [0.2, 0.25) is 0 Å². The van der Waals surface area contributed by atoms with Crippen LogP contribution in [0.25, 0.3) is 0 Å². The molecule has 0 aliphatic carbocycles. The van der Waals surface area contributed by atoms with Crippen molar-refractivity contribution in [1.29, 1.82) is 0 Å². The third-order valence-electron chi connectivity index (χ3n) is 2.88. The predicted molar refractivity (Wildman–Crippen MR) is 57.9 cm³/mol. The highest BCUT2D eigenvalue weighted by Gasteiger charge is 2.29. The van der Waals surface area contributed by atoms with E-state index >= 15 is 0 Å². The normalized spacial score (nSPS) is 22.4. The molecule has 1 aromatic heterocycles. The van der Waals surface area contributed by atoms with Gasteiger partial charge in [-0.15, -0.1) is 0 Å². The molecule has 0 spiro atoms. The van der Waals surface area contributed by atoms with E-state index in [9.17, 15) is 4.79 Å². The highest BCUT2D eigenvalue weighted by atomic mass is 16.5. The first-order chi connectivity index (χ1) is 7.72. The molecule has 1 aliphatic rings. The third kappa shape index (κ3) is 2.07. The molecule has 6 heteroatoms. The second kappa shape index (κ2) is 4.63. The van der Waals surface area contributed by atoms with Crippen LogP contribution in [0.3, 0.4) is 0 Å². The van der Waals surface area contributed by atoms with Gasteiger partial charge in [0.15, 0.2) is 5.69 Å². The predicted octanol–water partition coefficient (Wildman–Crippen LogP) is -0.610. The lowest BCUT2D eigenvalue weighted by Crippen LogP contribution is -2.56. The van der Waals surface area contributed by atoms with Crippen LogP contribution in [-0.4, -0.2) is 60.1 Å². The Balaban J connectivity index is 2.10. The number of hydrogen-bond donors (Lipinski definition) is 1. The third-order valence-corrected chi connectivity index (χ3v) is 2.88. The van der Waals surface area contributed by atoms with Gasteiger partial charge in [-0.3, -0.25) is 4.79 Å². The summed E-state index contributed by atoms with van der Waals surface area (Å²) in [5, 5.41) is 3.66. The summed E-state index contributed by atoms with van der Waals surface area (Å²) in [5.74, 6) is -0.0997. The summed E-state index contributed by atoms with van der Waals surface area (Å²) in [7, 11) is 2.03. The number of carbonyl (C=O) groups excluding carboxylic acids is 1. The summed E-state index contributed by atoms with van der Waals surface area (Å²) in [5.41, 5.74) is 6.03. The number of carbonyl (C=O) groups is 1. The molecule has 1 amide bonds. The van der Waals surface area contributed by atoms with Gasteiger partial charge in [-0.1, -0.05) is 5.16 Å². The number of nitrogens with zero attached hydrogens (tertiary/aromatic N) is 3. The molecule has 0 aromatic carbocycles. The smallest absolute Gasteiger partial charge is 0.276 e. The van der Waals surface area contributed by atoms with Gasteiger partial charge in [0.25, 0.3) is 5.91 Å². The minimum atomic E-state index is -0.0997. The Morgan fingerprint density at radius 1 is 1.69 bits per heavy atom. The second-order valence-electron chi connectivity index (χ2n) is 4.04. The van der Waals surface area contributed by atoms with Gasteiger partial charge in [-0.05, 0) is 7.05 Å². The lowest BCUT2D eigenvalue weighted by molar-refractivity contribution is 0.0506. The Labute approximate surface area is 94.0 Å². The Bertz CT molecular complexity index is 352. The molecule has 1 fully saturated rings. The van der Waals surface area contributed by atoms with Crippen molar-refractivity contribution >= 4 is 5.91 Å². The molecule has 0 radical (unpaired) electrons. The van der Waals surface area contributed by atoms with Crippen molar-refractivity contribution in [3.05, 3.63) is 18.0 Å². The summed E-state index contributed by atoms with van der Waals surface area (Å²) < 4.78 is 4.68. The summed E-state index contributed by atoms with van der Waals surface area (Å²) in [6.45, 7) is 2.82. The summed E-state index contributed by atoms with van der Waals surface area (Å²) in [6, 6.07) is 1.64. The maximum Gasteiger partial charge on any atom is 0.276 e. The van der Waals surface area contributed by atoms with Gasteiger partial charge in [0.1, 0.15) is 6.26 Å². The Morgan fingerprint density at radius 3 is 3.12 bits per heavy atom. The van der Waals surface area contributed by atoms with Crippen molar-refractivity contribution in [2.75, 3.05) is 33.2 Å². The van der Waals surface area contributed by atoms with Gasteiger partial charge in [-0.2, -0.15) is 0 Å². The topological polar surface area (TPSA) is 75.6 Å². The Morgan fingerprint density at radius 2 is 2.50 bits per heavy atom. The lowest BCUT2D eigenvalue weighted by Gasteiger charge is -2.39. The number of aromatic nitrogens is 1. The minimum Gasteiger partial charge on any atom is -0.364 e. The van der Waals surface area contributed by atoms with Crippen LogP contribution >= 0.6 is 0 Å². The molecule has 1 saturated heterocycles. The maximum atomic E-state index is 12.1. The van der Waals surface area contributed by atoms with Crippen molar-refractivity contribution in [1.82, 2.24) is 15.0 Å². The number of likely N-dealkylation sites (N-methyl/N-ethyl adjacent to an activating group) is 1. The SMILES string of the molecule is CN1CCN(C(=O)c2ccon2)C(CN)C1. The largest absolute Gasteiger partial charge is 0.364 e. The molecule has 1 unspecified atom stereocenters. The van der Waals surface area contributed by atoms with Crippen LogP contribution < -0.4 is 5.73 Å². The molecule has 2 N–H and O–H groups in total. The second-order valence-corrected chi connectivity index (χ2v) is 4.04. The molecule has 0 bridgehead atoms. The van der Waals surface area contributed by atoms with E-state index in [0.29, 0.717) is 18.8 Å². The molecule has 6 nitrogen and oxygen atoms in total. The molecule has 2 heterocycles. The van der Waals surface area contributed by atoms with Crippen LogP contribution in [0.15, 0.2) is 16.9 Å². The van der Waals surface area contributed by atoms with Crippen molar-refractivity contribution in [2.24, 2.45) is 5.73 Å². The first kappa shape index (κ1) is 11.1. The van der Waals surface area contributed by atoms with Crippen molar-refractivity contribution in [3.8, 4) is 0 Å². The summed E-state index contributed by atoms with van der Waals surface area (Å²) >= 11 is 0. The molecule has 1 aliphatic heterocycles. The monoisotopic (exact) mass is 224 g/mol. The van der Waals surface area contributed by atoms with Crippen molar-refractivity contribution in [2.45, 2.75) is 6.04 Å². The van der Waals surface area contributed by atoms with Crippen molar-refractivity contribution < 1.29 is 9.32 Å². The van der Waals surface area contributed by atoms with E-state index in [-0.39, 0.29) is 11.9 Å². The van der Waals surface area contributed by atoms with Gasteiger partial charge in [0, 0.05) is 32.2 Å². The average Bonchev–Trinajstić information content (AvgIpc) is 2.81. The standard InChI is InChI=1S/C10H16N4O2/c1-13-3-4-14(8(6-11)7-13)10(15)9-2-5-16-12-9/h2,5,8H,3-4,6-7,11H2,1H3. The molecule has 2 rings (SSSR count). The van der Waals surface area contributed by atoms with E-state index in [1.54, 1.807) is 11.0 Å². The maximum absolute atomic E-state index is 12.1. The van der Waals surface area contributed by atoms with Gasteiger partial charge >= 0.3 is 0 Å². The van der Waals surface area contributed by atoms with Crippen LogP contribution in [0.1, 0.15) is 10.5 Å². The zero-order valence-corrected chi connectivity index (χ0v) is 9.30. The lowest BCUT2D eigenvalue weighted by atomic mass is 10.1. The zero-order chi connectivity index (χ0) is 11.5. The molecule has 16 heavy (non-hydrogen) atoms. The summed E-state index contributed by atoms with van der Waals surface area (Å²) in [6.07, 6.45) is 1.40. The first-order valence-electron chi connectivity index (χ1n) is 5.32. The number of hydrogen-bond acceptors (Lipinski definition) is 5. The molecular weight excluding hydrogens is 208 g/mol. The molecule has 88 valence electrons. The summed E-state index contributed by atoms with van der Waals surface area (Å²) in [4.78, 5) is 16.0. The van der Waals surface area contributed by atoms with Gasteiger partial charge < -0.3 is 20.1 Å². The fraction of sp³-hybridized carbons (Fsp3) is 0.600. The highest BCUT2D eigenvalue weighted by molar-refractivity contribution is 5.92. The number of rotatable bonds is 2. The average molecular weight is 224 g/mol. The van der Waals surface area contributed by atoms with Crippen LogP contribution in [0.4, 0.5) is 0 Å². The van der Waals surface area contributed by atoms with E-state index in [2.05, 4.69) is 14.6 Å². The highest BCUT2D eigenvalue weighted by Crippen LogP contribution is 2.11. The van der Waals surface area contributed by atoms with Crippen molar-refractivity contribution in [3.63, 3.8) is 0 Å². The van der Waals surface area contributed by atoms with Gasteiger partial charge in [-0.25, -0.2) is 0 Å². The van der Waals surface area contributed by atoms with Crippen LogP contribution in [-0.2, 0) is 0 Å². The van der Waals surface area contributed by atoms with E-state index in [0.717, 1.165) is 13.1 Å². The molecule has 1 atom stereocenters. The van der Waals surface area contributed by atoms with E-state index in [1.807, 2.05) is 7.05 Å². The van der Waals surface area contributed by atoms with Gasteiger partial charge in [0.05, 0.1) is 6.04 Å². The molecular formula is C10H16N4O2. The number of nitrogens with two attached hydrogens (primary N) is 1. The van der Waals surface area contributed by atoms with E-state index in [1.165, 1.54) is 6.26 Å². The molecule has 0 saturated carbocycles. The quantitative estimate of drug-likeness (QED) is 0.725. The zero-order valence-electron chi connectivity index (χ0n) is 9.30. The molecule has 1 aromatic rings. The van der Waals surface area contributed by atoms with E-state index in [4.69, 9.17) is 5.73 Å². The number of piperazine rings is 1. The van der Waals surface area contributed by atoms with E-state index < -0.39 is 0 Å². The fourth-order valence-corrected chi connectivity index (χ4v) is 1.95. The minimum absolute atomic E-state index is 0.0583. The first-order valence-corrected chi connectivity index (χ1v) is 5.32. The fourth-order valence-electron chi connectivity index (χ4n) is 1.95. The number of amides is 1. The van der Waals surface area contributed by atoms with Crippen LogP contribution in [0.5, 0.6) is 0 Å². The van der Waals surface area contributed by atoms with Gasteiger partial charge in [0.2, 0.25) is 0 Å². The van der Waals surface area contributed by atoms with Crippen LogP contribution in [0, 0.1) is 0 Å².